The number of methoxy groups -OCH3 is 3. The minimum Gasteiger partial charge on any atom is -0.496 e. The van der Waals surface area contributed by atoms with Crippen LogP contribution in [0.25, 0.3) is 0 Å². The molecular formula is C20H35IN4O5. The van der Waals surface area contributed by atoms with E-state index in [0.717, 1.165) is 5.56 Å². The van der Waals surface area contributed by atoms with Gasteiger partial charge in [0.05, 0.1) is 27.9 Å². The first kappa shape index (κ1) is 27.9. The number of nitrogens with one attached hydrogen (secondary N) is 3. The van der Waals surface area contributed by atoms with Crippen molar-refractivity contribution in [1.29, 1.82) is 0 Å². The number of ether oxygens (including phenoxy) is 4. The van der Waals surface area contributed by atoms with Crippen molar-refractivity contribution in [2.24, 2.45) is 4.99 Å². The van der Waals surface area contributed by atoms with Crippen molar-refractivity contribution >= 4 is 36.0 Å². The number of aliphatic imine (C=N–C) groups is 1. The van der Waals surface area contributed by atoms with Crippen molar-refractivity contribution < 1.29 is 23.7 Å². The molecule has 0 radical (unpaired) electrons. The average molecular weight is 538 g/mol. The molecule has 30 heavy (non-hydrogen) atoms. The van der Waals surface area contributed by atoms with Gasteiger partial charge >= 0.3 is 6.09 Å². The highest BCUT2D eigenvalue weighted by Gasteiger charge is 2.15. The molecule has 3 N–H and O–H groups in total. The van der Waals surface area contributed by atoms with E-state index in [1.54, 1.807) is 27.4 Å². The Morgan fingerprint density at radius 3 is 2.03 bits per heavy atom. The number of alkyl carbamates (subject to hydrolysis) is 1. The first-order chi connectivity index (χ1) is 13.7. The first-order valence-corrected chi connectivity index (χ1v) is 9.52. The maximum Gasteiger partial charge on any atom is 0.407 e. The van der Waals surface area contributed by atoms with Crippen LogP contribution in [0.15, 0.2) is 17.1 Å². The molecule has 1 rings (SSSR count). The zero-order chi connectivity index (χ0) is 21.9. The van der Waals surface area contributed by atoms with Crippen LogP contribution in [-0.2, 0) is 11.3 Å². The van der Waals surface area contributed by atoms with E-state index in [2.05, 4.69) is 20.9 Å². The fourth-order valence-electron chi connectivity index (χ4n) is 2.38. The van der Waals surface area contributed by atoms with Gasteiger partial charge in [0.25, 0.3) is 0 Å². The Morgan fingerprint density at radius 1 is 0.933 bits per heavy atom. The van der Waals surface area contributed by atoms with E-state index in [1.165, 1.54) is 0 Å². The Bertz CT molecular complexity index is 693. The smallest absolute Gasteiger partial charge is 0.407 e. The van der Waals surface area contributed by atoms with E-state index < -0.39 is 11.7 Å². The van der Waals surface area contributed by atoms with Crippen LogP contribution in [0, 0.1) is 0 Å². The van der Waals surface area contributed by atoms with Gasteiger partial charge in [-0.3, -0.25) is 0 Å². The van der Waals surface area contributed by atoms with Crippen LogP contribution in [0.4, 0.5) is 4.79 Å². The van der Waals surface area contributed by atoms with Crippen LogP contribution in [0.1, 0.15) is 33.3 Å². The van der Waals surface area contributed by atoms with Crippen LogP contribution in [-0.4, -0.2) is 58.6 Å². The minimum absolute atomic E-state index is 0. The predicted molar refractivity (Wildman–Crippen MR) is 129 cm³/mol. The summed E-state index contributed by atoms with van der Waals surface area (Å²) < 4.78 is 21.3. The van der Waals surface area contributed by atoms with Crippen LogP contribution >= 0.6 is 24.0 Å². The van der Waals surface area contributed by atoms with Crippen LogP contribution in [0.3, 0.4) is 0 Å². The maximum atomic E-state index is 11.7. The Morgan fingerprint density at radius 2 is 1.50 bits per heavy atom. The van der Waals surface area contributed by atoms with E-state index in [0.29, 0.717) is 49.4 Å². The van der Waals surface area contributed by atoms with E-state index >= 15 is 0 Å². The van der Waals surface area contributed by atoms with Crippen molar-refractivity contribution in [3.8, 4) is 17.2 Å². The van der Waals surface area contributed by atoms with Crippen LogP contribution in [0.2, 0.25) is 0 Å². The van der Waals surface area contributed by atoms with Gasteiger partial charge < -0.3 is 34.9 Å². The summed E-state index contributed by atoms with van der Waals surface area (Å²) in [5.41, 5.74) is 0.334. The van der Waals surface area contributed by atoms with Crippen molar-refractivity contribution in [1.82, 2.24) is 16.0 Å². The molecule has 0 saturated heterocycles. The Kier molecular flexibility index (Phi) is 13.0. The second-order valence-corrected chi connectivity index (χ2v) is 7.07. The quantitative estimate of drug-likeness (QED) is 0.192. The highest BCUT2D eigenvalue weighted by atomic mass is 127. The molecule has 1 aromatic rings. The fourth-order valence-corrected chi connectivity index (χ4v) is 2.38. The molecule has 9 nitrogen and oxygen atoms in total. The monoisotopic (exact) mass is 538 g/mol. The van der Waals surface area contributed by atoms with Gasteiger partial charge in [0.1, 0.15) is 11.4 Å². The van der Waals surface area contributed by atoms with E-state index in [4.69, 9.17) is 18.9 Å². The zero-order valence-electron chi connectivity index (χ0n) is 18.9. The SMILES string of the molecule is CCNC(=NCc1cc(OC)c(OC)cc1OC)NCCNC(=O)OC(C)(C)C.I. The third kappa shape index (κ3) is 10.1. The number of hydrogen-bond donors (Lipinski definition) is 3. The van der Waals surface area contributed by atoms with Crippen molar-refractivity contribution in [3.05, 3.63) is 17.7 Å². The molecule has 0 heterocycles. The van der Waals surface area contributed by atoms with Gasteiger partial charge in [-0.1, -0.05) is 0 Å². The molecule has 0 bridgehead atoms. The van der Waals surface area contributed by atoms with Gasteiger partial charge in [-0.25, -0.2) is 9.79 Å². The number of benzene rings is 1. The molecule has 1 amide bonds. The number of carbonyl (C=O) groups excluding carboxylic acids is 1. The molecule has 1 aromatic carbocycles. The summed E-state index contributed by atoms with van der Waals surface area (Å²) in [5, 5.41) is 9.04. The number of amides is 1. The highest BCUT2D eigenvalue weighted by Crippen LogP contribution is 2.34. The van der Waals surface area contributed by atoms with Gasteiger partial charge in [0, 0.05) is 31.3 Å². The molecule has 10 heteroatoms. The third-order valence-corrected chi connectivity index (χ3v) is 3.62. The van der Waals surface area contributed by atoms with Gasteiger partial charge in [-0.15, -0.1) is 24.0 Å². The molecule has 0 aliphatic heterocycles. The number of halogens is 1. The lowest BCUT2D eigenvalue weighted by molar-refractivity contribution is 0.0529. The van der Waals surface area contributed by atoms with E-state index in [-0.39, 0.29) is 24.0 Å². The molecular weight excluding hydrogens is 503 g/mol. The van der Waals surface area contributed by atoms with Gasteiger partial charge in [0.15, 0.2) is 17.5 Å². The molecule has 0 saturated carbocycles. The number of carbonyl (C=O) groups is 1. The molecule has 172 valence electrons. The summed E-state index contributed by atoms with van der Waals surface area (Å²) in [6, 6.07) is 3.61. The summed E-state index contributed by atoms with van der Waals surface area (Å²) >= 11 is 0. The molecule has 0 atom stereocenters. The van der Waals surface area contributed by atoms with E-state index in [9.17, 15) is 4.79 Å². The number of nitrogens with zero attached hydrogens (tertiary/aromatic N) is 1. The van der Waals surface area contributed by atoms with Gasteiger partial charge in [-0.2, -0.15) is 0 Å². The summed E-state index contributed by atoms with van der Waals surface area (Å²) in [7, 11) is 4.76. The molecule has 0 unspecified atom stereocenters. The Hall–Kier alpha value is -2.11. The molecule has 0 fully saturated rings. The molecule has 0 aliphatic rings. The summed E-state index contributed by atoms with van der Waals surface area (Å²) in [6.45, 7) is 9.42. The standard InChI is InChI=1S/C20H34N4O5.HI/c1-8-21-18(22-9-10-23-19(25)29-20(2,3)4)24-13-14-11-16(27-6)17(28-7)12-15(14)26-5;/h11-12H,8-10,13H2,1-7H3,(H,23,25)(H2,21,22,24);1H. The number of guanidine groups is 1. The third-order valence-electron chi connectivity index (χ3n) is 3.62. The van der Waals surface area contributed by atoms with Gasteiger partial charge in [-0.05, 0) is 33.8 Å². The maximum absolute atomic E-state index is 11.7. The number of hydrogen-bond acceptors (Lipinski definition) is 6. The van der Waals surface area contributed by atoms with Gasteiger partial charge in [0.2, 0.25) is 0 Å². The fraction of sp³-hybridized carbons (Fsp3) is 0.600. The topological polar surface area (TPSA) is 102 Å². The molecule has 0 aromatic heterocycles. The molecule has 0 aliphatic carbocycles. The lowest BCUT2D eigenvalue weighted by atomic mass is 10.1. The van der Waals surface area contributed by atoms with Crippen molar-refractivity contribution in [2.45, 2.75) is 39.8 Å². The second-order valence-electron chi connectivity index (χ2n) is 7.07. The minimum atomic E-state index is -0.521. The average Bonchev–Trinajstić information content (AvgIpc) is 2.67. The largest absolute Gasteiger partial charge is 0.496 e. The van der Waals surface area contributed by atoms with Crippen LogP contribution < -0.4 is 30.2 Å². The van der Waals surface area contributed by atoms with Crippen molar-refractivity contribution in [3.63, 3.8) is 0 Å². The van der Waals surface area contributed by atoms with E-state index in [1.807, 2.05) is 33.8 Å². The first-order valence-electron chi connectivity index (χ1n) is 9.52. The predicted octanol–water partition coefficient (Wildman–Crippen LogP) is 2.91. The summed E-state index contributed by atoms with van der Waals surface area (Å²) in [4.78, 5) is 16.3. The zero-order valence-corrected chi connectivity index (χ0v) is 21.2. The Balaban J connectivity index is 0.00000841. The number of rotatable bonds is 9. The van der Waals surface area contributed by atoms with Crippen molar-refractivity contribution in [2.75, 3.05) is 41.0 Å². The lowest BCUT2D eigenvalue weighted by Gasteiger charge is -2.20. The second kappa shape index (κ2) is 14.0. The highest BCUT2D eigenvalue weighted by molar-refractivity contribution is 14.0. The Labute approximate surface area is 196 Å². The summed E-state index contributed by atoms with van der Waals surface area (Å²) in [5.74, 6) is 2.48. The van der Waals surface area contributed by atoms with Crippen LogP contribution in [0.5, 0.6) is 17.2 Å². The normalized spacial score (nSPS) is 11.1. The summed E-state index contributed by atoms with van der Waals surface area (Å²) in [6.07, 6.45) is -0.448. The lowest BCUT2D eigenvalue weighted by Crippen LogP contribution is -2.42. The molecule has 0 spiro atoms.